The molecule has 7 heteroatoms. The number of hydrogen-bond donors (Lipinski definition) is 3. The predicted molar refractivity (Wildman–Crippen MR) is 139 cm³/mol. The van der Waals surface area contributed by atoms with Crippen LogP contribution < -0.4 is 10.1 Å². The topological polar surface area (TPSA) is 100 Å². The highest BCUT2D eigenvalue weighted by atomic mass is 16.5. The van der Waals surface area contributed by atoms with Crippen LogP contribution in [0.25, 0.3) is 4.85 Å². The number of anilines is 1. The van der Waals surface area contributed by atoms with Crippen molar-refractivity contribution < 1.29 is 24.5 Å². The fraction of sp³-hybridized carbons (Fsp3) is 0.276. The van der Waals surface area contributed by atoms with Gasteiger partial charge in [-0.3, -0.25) is 4.79 Å². The number of phenols is 1. The summed E-state index contributed by atoms with van der Waals surface area (Å²) in [5.74, 6) is -0.928. The van der Waals surface area contributed by atoms with Crippen molar-refractivity contribution in [2.75, 3.05) is 5.32 Å². The number of aliphatic carboxylic acids is 1. The number of rotatable bonds is 12. The second-order valence-corrected chi connectivity index (χ2v) is 8.60. The zero-order valence-electron chi connectivity index (χ0n) is 20.4. The van der Waals surface area contributed by atoms with Crippen LogP contribution in [-0.4, -0.2) is 34.1 Å². The molecule has 0 bridgehead atoms. The second kappa shape index (κ2) is 12.4. The van der Waals surface area contributed by atoms with Crippen LogP contribution in [0.3, 0.4) is 0 Å². The second-order valence-electron chi connectivity index (χ2n) is 8.60. The third kappa shape index (κ3) is 6.86. The summed E-state index contributed by atoms with van der Waals surface area (Å²) in [6.45, 7) is 11.0. The van der Waals surface area contributed by atoms with Gasteiger partial charge in [-0.2, -0.15) is 0 Å². The molecular weight excluding hydrogens is 456 g/mol. The first-order valence-corrected chi connectivity index (χ1v) is 11.9. The zero-order chi connectivity index (χ0) is 26.1. The molecule has 186 valence electrons. The minimum atomic E-state index is -0.958. The maximum atomic E-state index is 12.6. The summed E-state index contributed by atoms with van der Waals surface area (Å²) in [4.78, 5) is 27.9. The average molecular weight is 487 g/mol. The van der Waals surface area contributed by atoms with Gasteiger partial charge in [-0.15, -0.1) is 0 Å². The van der Waals surface area contributed by atoms with Gasteiger partial charge in [0.1, 0.15) is 17.5 Å². The molecule has 2 unspecified atom stereocenters. The lowest BCUT2D eigenvalue weighted by molar-refractivity contribution is -0.138. The molecule has 0 heterocycles. The van der Waals surface area contributed by atoms with Crippen LogP contribution in [0.5, 0.6) is 11.5 Å². The minimum absolute atomic E-state index is 0.150. The van der Waals surface area contributed by atoms with E-state index in [0.717, 1.165) is 5.56 Å². The van der Waals surface area contributed by atoms with E-state index in [-0.39, 0.29) is 23.2 Å². The van der Waals surface area contributed by atoms with Gasteiger partial charge in [0, 0.05) is 17.3 Å². The molecule has 0 aliphatic carbocycles. The van der Waals surface area contributed by atoms with E-state index in [9.17, 15) is 19.8 Å². The van der Waals surface area contributed by atoms with Gasteiger partial charge in [-0.1, -0.05) is 49.4 Å². The number of benzene rings is 3. The summed E-state index contributed by atoms with van der Waals surface area (Å²) in [5, 5.41) is 23.2. The van der Waals surface area contributed by atoms with Crippen LogP contribution in [-0.2, 0) is 4.79 Å². The van der Waals surface area contributed by atoms with Crippen molar-refractivity contribution in [3.05, 3.63) is 94.8 Å². The highest BCUT2D eigenvalue weighted by Gasteiger charge is 2.20. The highest BCUT2D eigenvalue weighted by molar-refractivity contribution is 6.10. The number of carboxylic acid groups (broad SMARTS) is 1. The largest absolute Gasteiger partial charge is 0.507 e. The molecule has 0 spiro atoms. The molecule has 3 N–H and O–H groups in total. The molecule has 2 atom stereocenters. The summed E-state index contributed by atoms with van der Waals surface area (Å²) >= 11 is 0. The number of aromatic hydroxyl groups is 1. The van der Waals surface area contributed by atoms with Gasteiger partial charge in [0.2, 0.25) is 0 Å². The molecule has 0 aliphatic heterocycles. The van der Waals surface area contributed by atoms with Crippen LogP contribution in [0.1, 0.15) is 54.1 Å². The lowest BCUT2D eigenvalue weighted by atomic mass is 10.0. The molecular formula is C29H30N2O5. The maximum absolute atomic E-state index is 12.6. The number of ether oxygens (including phenoxy) is 1. The van der Waals surface area contributed by atoms with Gasteiger partial charge in [-0.05, 0) is 56.4 Å². The fourth-order valence-corrected chi connectivity index (χ4v) is 3.89. The van der Waals surface area contributed by atoms with Crippen molar-refractivity contribution >= 4 is 23.1 Å². The van der Waals surface area contributed by atoms with Gasteiger partial charge in [0.25, 0.3) is 0 Å². The Kier molecular flexibility index (Phi) is 9.07. The summed E-state index contributed by atoms with van der Waals surface area (Å²) in [6, 6.07) is 17.8. The van der Waals surface area contributed by atoms with E-state index in [1.54, 1.807) is 54.6 Å². The molecule has 0 saturated heterocycles. The molecule has 0 radical (unpaired) electrons. The molecule has 7 nitrogen and oxygen atoms in total. The summed E-state index contributed by atoms with van der Waals surface area (Å²) in [5.41, 5.74) is 2.66. The lowest BCUT2D eigenvalue weighted by Gasteiger charge is -2.21. The van der Waals surface area contributed by atoms with Gasteiger partial charge in [-0.25, -0.2) is 9.64 Å². The summed E-state index contributed by atoms with van der Waals surface area (Å²) in [7, 11) is 0. The maximum Gasteiger partial charge on any atom is 0.326 e. The van der Waals surface area contributed by atoms with Crippen LogP contribution in [0.4, 0.5) is 11.4 Å². The first kappa shape index (κ1) is 26.3. The van der Waals surface area contributed by atoms with Crippen LogP contribution >= 0.6 is 0 Å². The third-order valence-electron chi connectivity index (χ3n) is 6.00. The summed E-state index contributed by atoms with van der Waals surface area (Å²) in [6.07, 6.45) is 2.12. The first-order valence-electron chi connectivity index (χ1n) is 11.9. The first-order chi connectivity index (χ1) is 17.3. The van der Waals surface area contributed by atoms with Crippen molar-refractivity contribution in [1.82, 2.24) is 0 Å². The normalized spacial score (nSPS) is 12.2. The number of phenolic OH excluding ortho intramolecular Hbond substituents is 1. The molecule has 0 aromatic heterocycles. The van der Waals surface area contributed by atoms with Crippen LogP contribution in [0.15, 0.2) is 66.7 Å². The molecule has 3 aromatic rings. The van der Waals surface area contributed by atoms with Crippen molar-refractivity contribution in [1.29, 1.82) is 0 Å². The number of carbonyl (C=O) groups excluding carboxylic acids is 1. The number of carboxylic acids is 1. The van der Waals surface area contributed by atoms with E-state index in [1.807, 2.05) is 19.9 Å². The average Bonchev–Trinajstić information content (AvgIpc) is 2.88. The van der Waals surface area contributed by atoms with Crippen molar-refractivity contribution in [3.63, 3.8) is 0 Å². The molecule has 0 fully saturated rings. The molecule has 3 rings (SSSR count). The molecule has 3 aromatic carbocycles. The zero-order valence-corrected chi connectivity index (χ0v) is 20.4. The van der Waals surface area contributed by atoms with Crippen molar-refractivity contribution in [3.8, 4) is 11.5 Å². The quantitative estimate of drug-likeness (QED) is 0.203. The van der Waals surface area contributed by atoms with Crippen molar-refractivity contribution in [2.45, 2.75) is 51.7 Å². The standard InChI is InChI=1S/C29H30N2O5/c1-4-22(11-8-12-25(29(34)35)31-26-17-21(30-3)14-13-19(26)2)36-23-15-16-24(27(32)18-23)28(33)20-9-6-5-7-10-20/h5-7,9-10,13-18,22,25,31-32H,4,8,11-12H2,1-2H3,(H,34,35). The fourth-order valence-electron chi connectivity index (χ4n) is 3.89. The molecule has 0 amide bonds. The number of nitrogens with zero attached hydrogens (tertiary/aromatic N) is 1. The third-order valence-corrected chi connectivity index (χ3v) is 6.00. The monoisotopic (exact) mass is 486 g/mol. The van der Waals surface area contributed by atoms with Gasteiger partial charge < -0.3 is 20.3 Å². The van der Waals surface area contributed by atoms with E-state index in [2.05, 4.69) is 10.2 Å². The SMILES string of the molecule is [C-]#[N+]c1ccc(C)c(NC(CCCC(CC)Oc2ccc(C(=O)c3ccccc3)c(O)c2)C(=O)O)c1. The Morgan fingerprint density at radius 1 is 1.06 bits per heavy atom. The number of nitrogens with one attached hydrogen (secondary N) is 1. The van der Waals surface area contributed by atoms with Gasteiger partial charge in [0.05, 0.1) is 18.2 Å². The number of carbonyl (C=O) groups is 2. The van der Waals surface area contributed by atoms with E-state index in [4.69, 9.17) is 11.3 Å². The van der Waals surface area contributed by atoms with E-state index in [1.165, 1.54) is 6.07 Å². The van der Waals surface area contributed by atoms with E-state index < -0.39 is 12.0 Å². The Hall–Kier alpha value is -4.31. The predicted octanol–water partition coefficient (Wildman–Crippen LogP) is 6.38. The Bertz CT molecular complexity index is 1250. The Morgan fingerprint density at radius 3 is 2.44 bits per heavy atom. The van der Waals surface area contributed by atoms with E-state index >= 15 is 0 Å². The highest BCUT2D eigenvalue weighted by Crippen LogP contribution is 2.28. The van der Waals surface area contributed by atoms with Gasteiger partial charge >= 0.3 is 5.97 Å². The van der Waals surface area contributed by atoms with E-state index in [0.29, 0.717) is 48.4 Å². The number of ketones is 1. The lowest BCUT2D eigenvalue weighted by Crippen LogP contribution is -2.30. The minimum Gasteiger partial charge on any atom is -0.507 e. The van der Waals surface area contributed by atoms with Crippen LogP contribution in [0.2, 0.25) is 0 Å². The molecule has 0 aliphatic rings. The number of hydrogen-bond acceptors (Lipinski definition) is 5. The van der Waals surface area contributed by atoms with Crippen molar-refractivity contribution in [2.24, 2.45) is 0 Å². The van der Waals surface area contributed by atoms with Crippen LogP contribution in [0, 0.1) is 13.5 Å². The number of aryl methyl sites for hydroxylation is 1. The Balaban J connectivity index is 1.59. The van der Waals surface area contributed by atoms with Gasteiger partial charge in [0.15, 0.2) is 11.5 Å². The smallest absolute Gasteiger partial charge is 0.326 e. The Morgan fingerprint density at radius 2 is 1.81 bits per heavy atom. The molecule has 0 saturated carbocycles. The molecule has 36 heavy (non-hydrogen) atoms. The summed E-state index contributed by atoms with van der Waals surface area (Å²) < 4.78 is 6.02. The Labute approximate surface area is 211 Å².